The van der Waals surface area contributed by atoms with Gasteiger partial charge in [0.2, 0.25) is 0 Å². The summed E-state index contributed by atoms with van der Waals surface area (Å²) in [5.41, 5.74) is 4.06. The van der Waals surface area contributed by atoms with Gasteiger partial charge in [0.25, 0.3) is 0 Å². The summed E-state index contributed by atoms with van der Waals surface area (Å²) in [7, 11) is 5.59. The number of benzene rings is 2. The van der Waals surface area contributed by atoms with Crippen molar-refractivity contribution in [3.8, 4) is 11.5 Å². The number of hydrogen-bond donors (Lipinski definition) is 0. The zero-order chi connectivity index (χ0) is 15.5. The van der Waals surface area contributed by atoms with Crippen LogP contribution < -0.4 is 9.47 Å². The number of fused-ring (bicyclic) bond motifs is 1. The first-order valence-electron chi connectivity index (χ1n) is 7.71. The van der Waals surface area contributed by atoms with Gasteiger partial charge in [-0.25, -0.2) is 0 Å². The van der Waals surface area contributed by atoms with Crippen molar-refractivity contribution < 1.29 is 9.47 Å². The number of methoxy groups -OCH3 is 2. The Morgan fingerprint density at radius 1 is 1.00 bits per heavy atom. The predicted octanol–water partition coefficient (Wildman–Crippen LogP) is 3.32. The molecule has 0 bridgehead atoms. The number of ether oxygens (including phenoxy) is 2. The van der Waals surface area contributed by atoms with E-state index in [-0.39, 0.29) is 0 Å². The molecule has 3 nitrogen and oxygen atoms in total. The van der Waals surface area contributed by atoms with Crippen LogP contribution in [0.3, 0.4) is 0 Å². The number of nitrogens with zero attached hydrogens (tertiary/aromatic N) is 1. The Hall–Kier alpha value is -2.00. The molecule has 22 heavy (non-hydrogen) atoms. The van der Waals surface area contributed by atoms with Crippen LogP contribution in [0.2, 0.25) is 0 Å². The maximum absolute atomic E-state index is 5.52. The molecule has 0 radical (unpaired) electrons. The molecule has 1 aliphatic rings. The highest BCUT2D eigenvalue weighted by Gasteiger charge is 2.24. The molecule has 0 saturated heterocycles. The van der Waals surface area contributed by atoms with Crippen LogP contribution in [-0.4, -0.2) is 39.3 Å². The fourth-order valence-corrected chi connectivity index (χ4v) is 3.26. The largest absolute Gasteiger partial charge is 0.493 e. The van der Waals surface area contributed by atoms with Crippen LogP contribution in [0.5, 0.6) is 11.5 Å². The Bertz CT molecular complexity index is 639. The molecule has 0 amide bonds. The third-order valence-electron chi connectivity index (χ3n) is 4.48. The first-order valence-corrected chi connectivity index (χ1v) is 7.71. The molecule has 3 heteroatoms. The molecule has 0 aliphatic carbocycles. The number of likely N-dealkylation sites (N-methyl/N-ethyl adjacent to an activating group) is 1. The molecule has 0 unspecified atom stereocenters. The molecule has 2 aromatic carbocycles. The topological polar surface area (TPSA) is 21.7 Å². The second-order valence-electron chi connectivity index (χ2n) is 5.88. The SMILES string of the molecule is COc1cc2c(cc1OC)[C@@H](c1ccccc1)CN(C)CC2. The van der Waals surface area contributed by atoms with E-state index in [1.54, 1.807) is 14.2 Å². The average Bonchev–Trinajstić information content (AvgIpc) is 2.73. The molecule has 1 heterocycles. The molecular weight excluding hydrogens is 274 g/mol. The number of hydrogen-bond acceptors (Lipinski definition) is 3. The molecular formula is C19H23NO2. The van der Waals surface area contributed by atoms with Gasteiger partial charge in [0, 0.05) is 19.0 Å². The van der Waals surface area contributed by atoms with Crippen LogP contribution in [0.25, 0.3) is 0 Å². The van der Waals surface area contributed by atoms with E-state index in [1.165, 1.54) is 16.7 Å². The van der Waals surface area contributed by atoms with Gasteiger partial charge in [0.15, 0.2) is 11.5 Å². The van der Waals surface area contributed by atoms with Crippen LogP contribution in [0.1, 0.15) is 22.6 Å². The van der Waals surface area contributed by atoms with Crippen molar-refractivity contribution in [3.05, 3.63) is 59.2 Å². The smallest absolute Gasteiger partial charge is 0.161 e. The summed E-state index contributed by atoms with van der Waals surface area (Å²) in [6.45, 7) is 2.08. The van der Waals surface area contributed by atoms with E-state index in [1.807, 2.05) is 0 Å². The zero-order valence-corrected chi connectivity index (χ0v) is 13.5. The lowest BCUT2D eigenvalue weighted by atomic mass is 9.87. The van der Waals surface area contributed by atoms with Gasteiger partial charge in [-0.05, 0) is 42.3 Å². The summed E-state index contributed by atoms with van der Waals surface area (Å²) in [5.74, 6) is 1.99. The van der Waals surface area contributed by atoms with Crippen molar-refractivity contribution in [2.24, 2.45) is 0 Å². The van der Waals surface area contributed by atoms with Crippen LogP contribution in [0, 0.1) is 0 Å². The third-order valence-corrected chi connectivity index (χ3v) is 4.48. The first kappa shape index (κ1) is 14.9. The van der Waals surface area contributed by atoms with Gasteiger partial charge < -0.3 is 14.4 Å². The zero-order valence-electron chi connectivity index (χ0n) is 13.5. The van der Waals surface area contributed by atoms with E-state index >= 15 is 0 Å². The molecule has 0 N–H and O–H groups in total. The van der Waals surface area contributed by atoms with Gasteiger partial charge in [0.1, 0.15) is 0 Å². The Kier molecular flexibility index (Phi) is 4.34. The van der Waals surface area contributed by atoms with Gasteiger partial charge in [-0.3, -0.25) is 0 Å². The lowest BCUT2D eigenvalue weighted by Gasteiger charge is -2.23. The second-order valence-corrected chi connectivity index (χ2v) is 5.88. The van der Waals surface area contributed by atoms with Crippen molar-refractivity contribution in [1.29, 1.82) is 0 Å². The van der Waals surface area contributed by atoms with Crippen molar-refractivity contribution >= 4 is 0 Å². The van der Waals surface area contributed by atoms with Gasteiger partial charge in [-0.15, -0.1) is 0 Å². The summed E-state index contributed by atoms with van der Waals surface area (Å²) < 4.78 is 11.0. The van der Waals surface area contributed by atoms with Crippen molar-refractivity contribution in [2.75, 3.05) is 34.4 Å². The van der Waals surface area contributed by atoms with E-state index < -0.39 is 0 Å². The monoisotopic (exact) mass is 297 g/mol. The van der Waals surface area contributed by atoms with Crippen molar-refractivity contribution in [1.82, 2.24) is 4.90 Å². The summed E-state index contributed by atoms with van der Waals surface area (Å²) in [4.78, 5) is 2.40. The molecule has 2 aromatic rings. The van der Waals surface area contributed by atoms with Crippen LogP contribution in [0.4, 0.5) is 0 Å². The molecule has 0 fully saturated rings. The maximum atomic E-state index is 5.52. The standard InChI is InChI=1S/C19H23NO2/c1-20-10-9-15-11-18(21-2)19(22-3)12-16(15)17(13-20)14-7-5-4-6-8-14/h4-8,11-12,17H,9-10,13H2,1-3H3/t17-/m1/s1. The average molecular weight is 297 g/mol. The minimum atomic E-state index is 0.364. The van der Waals surface area contributed by atoms with E-state index in [4.69, 9.17) is 9.47 Å². The fraction of sp³-hybridized carbons (Fsp3) is 0.368. The van der Waals surface area contributed by atoms with Gasteiger partial charge in [-0.1, -0.05) is 30.3 Å². The van der Waals surface area contributed by atoms with E-state index in [9.17, 15) is 0 Å². The summed E-state index contributed by atoms with van der Waals surface area (Å²) in [5, 5.41) is 0. The molecule has 116 valence electrons. The van der Waals surface area contributed by atoms with Crippen LogP contribution >= 0.6 is 0 Å². The normalized spacial score (nSPS) is 18.4. The minimum absolute atomic E-state index is 0.364. The van der Waals surface area contributed by atoms with Gasteiger partial charge >= 0.3 is 0 Å². The molecule has 0 spiro atoms. The van der Waals surface area contributed by atoms with Crippen molar-refractivity contribution in [3.63, 3.8) is 0 Å². The number of rotatable bonds is 3. The molecule has 1 aliphatic heterocycles. The van der Waals surface area contributed by atoms with E-state index in [0.29, 0.717) is 5.92 Å². The first-order chi connectivity index (χ1) is 10.7. The second kappa shape index (κ2) is 6.41. The third kappa shape index (κ3) is 2.81. The van der Waals surface area contributed by atoms with Crippen LogP contribution in [-0.2, 0) is 6.42 Å². The summed E-state index contributed by atoms with van der Waals surface area (Å²) in [6.07, 6.45) is 1.04. The fourth-order valence-electron chi connectivity index (χ4n) is 3.26. The van der Waals surface area contributed by atoms with Crippen LogP contribution in [0.15, 0.2) is 42.5 Å². The lowest BCUT2D eigenvalue weighted by Crippen LogP contribution is -2.24. The van der Waals surface area contributed by atoms with E-state index in [2.05, 4.69) is 54.4 Å². The lowest BCUT2D eigenvalue weighted by molar-refractivity contribution is 0.338. The summed E-state index contributed by atoms with van der Waals surface area (Å²) >= 11 is 0. The van der Waals surface area contributed by atoms with Gasteiger partial charge in [0.05, 0.1) is 14.2 Å². The molecule has 0 saturated carbocycles. The highest BCUT2D eigenvalue weighted by molar-refractivity contribution is 5.51. The Labute approximate surface area is 132 Å². The Morgan fingerprint density at radius 3 is 2.36 bits per heavy atom. The van der Waals surface area contributed by atoms with Crippen molar-refractivity contribution in [2.45, 2.75) is 12.3 Å². The van der Waals surface area contributed by atoms with E-state index in [0.717, 1.165) is 31.0 Å². The minimum Gasteiger partial charge on any atom is -0.493 e. The maximum Gasteiger partial charge on any atom is 0.161 e. The quantitative estimate of drug-likeness (QED) is 0.867. The molecule has 0 aromatic heterocycles. The highest BCUT2D eigenvalue weighted by Crippen LogP contribution is 2.38. The van der Waals surface area contributed by atoms with Gasteiger partial charge in [-0.2, -0.15) is 0 Å². The highest BCUT2D eigenvalue weighted by atomic mass is 16.5. The molecule has 1 atom stereocenters. The molecule has 3 rings (SSSR count). The Balaban J connectivity index is 2.12. The summed E-state index contributed by atoms with van der Waals surface area (Å²) in [6, 6.07) is 15.0. The predicted molar refractivity (Wildman–Crippen MR) is 89.0 cm³/mol. The Morgan fingerprint density at radius 2 is 1.68 bits per heavy atom.